The van der Waals surface area contributed by atoms with Gasteiger partial charge in [-0.1, -0.05) is 12.1 Å². The van der Waals surface area contributed by atoms with E-state index >= 15 is 0 Å². The predicted molar refractivity (Wildman–Crippen MR) is 74.5 cm³/mol. The lowest BCUT2D eigenvalue weighted by molar-refractivity contribution is -0.120. The number of anilines is 1. The summed E-state index contributed by atoms with van der Waals surface area (Å²) in [6.45, 7) is 0.618. The Labute approximate surface area is 112 Å². The first kappa shape index (κ1) is 13.1. The van der Waals surface area contributed by atoms with Crippen LogP contribution in [0.15, 0.2) is 36.7 Å². The Hall–Kier alpha value is -2.30. The summed E-state index contributed by atoms with van der Waals surface area (Å²) in [6, 6.07) is 7.38. The number of nitrogens with two attached hydrogens (primary N) is 1. The summed E-state index contributed by atoms with van der Waals surface area (Å²) in [7, 11) is 1.88. The second-order valence-corrected chi connectivity index (χ2v) is 4.54. The van der Waals surface area contributed by atoms with Gasteiger partial charge in [-0.3, -0.25) is 9.48 Å². The van der Waals surface area contributed by atoms with E-state index < -0.39 is 0 Å². The number of amides is 1. The maximum absolute atomic E-state index is 11.7. The molecule has 1 aromatic heterocycles. The first-order valence-corrected chi connectivity index (χ1v) is 6.22. The van der Waals surface area contributed by atoms with Crippen LogP contribution in [0.5, 0.6) is 0 Å². The lowest BCUT2D eigenvalue weighted by Crippen LogP contribution is -2.27. The van der Waals surface area contributed by atoms with Crippen LogP contribution in [0.4, 0.5) is 5.69 Å². The molecule has 0 aliphatic carbocycles. The molecule has 3 N–H and O–H groups in total. The normalized spacial score (nSPS) is 10.4. The average molecular weight is 258 g/mol. The Kier molecular flexibility index (Phi) is 4.18. The standard InChI is InChI=1S/C14H18N4O/c1-18-10-12(9-17-18)5-6-16-14(19)8-11-3-2-4-13(15)7-11/h2-4,7,9-10H,5-6,8,15H2,1H3,(H,16,19). The molecule has 1 aromatic carbocycles. The summed E-state index contributed by atoms with van der Waals surface area (Å²) in [5.74, 6) is 0.00879. The zero-order chi connectivity index (χ0) is 13.7. The minimum Gasteiger partial charge on any atom is -0.399 e. The SMILES string of the molecule is Cn1cc(CCNC(=O)Cc2cccc(N)c2)cn1. The minimum atomic E-state index is 0.00879. The van der Waals surface area contributed by atoms with Gasteiger partial charge in [-0.05, 0) is 29.7 Å². The number of aryl methyl sites for hydroxylation is 1. The fourth-order valence-electron chi connectivity index (χ4n) is 1.90. The maximum atomic E-state index is 11.7. The van der Waals surface area contributed by atoms with E-state index in [4.69, 9.17) is 5.73 Å². The van der Waals surface area contributed by atoms with Gasteiger partial charge in [0, 0.05) is 25.5 Å². The molecule has 0 saturated carbocycles. The average Bonchev–Trinajstić information content (AvgIpc) is 2.75. The number of carbonyl (C=O) groups excluding carboxylic acids is 1. The van der Waals surface area contributed by atoms with Crippen molar-refractivity contribution in [3.05, 3.63) is 47.8 Å². The van der Waals surface area contributed by atoms with Gasteiger partial charge in [-0.2, -0.15) is 5.10 Å². The third-order valence-corrected chi connectivity index (χ3v) is 2.81. The van der Waals surface area contributed by atoms with E-state index in [1.54, 1.807) is 4.68 Å². The molecule has 0 radical (unpaired) electrons. The summed E-state index contributed by atoms with van der Waals surface area (Å²) >= 11 is 0. The van der Waals surface area contributed by atoms with E-state index in [1.165, 1.54) is 0 Å². The van der Waals surface area contributed by atoms with Crippen molar-refractivity contribution in [1.29, 1.82) is 0 Å². The highest BCUT2D eigenvalue weighted by Gasteiger charge is 2.03. The molecule has 2 rings (SSSR count). The highest BCUT2D eigenvalue weighted by molar-refractivity contribution is 5.78. The number of nitrogen functional groups attached to an aromatic ring is 1. The molecule has 0 bridgehead atoms. The lowest BCUT2D eigenvalue weighted by Gasteiger charge is -2.05. The number of rotatable bonds is 5. The number of hydrogen-bond donors (Lipinski definition) is 2. The fraction of sp³-hybridized carbons (Fsp3) is 0.286. The van der Waals surface area contributed by atoms with Crippen molar-refractivity contribution in [1.82, 2.24) is 15.1 Å². The van der Waals surface area contributed by atoms with Crippen molar-refractivity contribution in [2.45, 2.75) is 12.8 Å². The number of carbonyl (C=O) groups is 1. The van der Waals surface area contributed by atoms with Gasteiger partial charge in [-0.25, -0.2) is 0 Å². The van der Waals surface area contributed by atoms with Crippen LogP contribution < -0.4 is 11.1 Å². The second kappa shape index (κ2) is 6.04. The smallest absolute Gasteiger partial charge is 0.224 e. The monoisotopic (exact) mass is 258 g/mol. The number of benzene rings is 1. The second-order valence-electron chi connectivity index (χ2n) is 4.54. The molecule has 0 spiro atoms. The van der Waals surface area contributed by atoms with E-state index in [0.717, 1.165) is 17.5 Å². The number of hydrogen-bond acceptors (Lipinski definition) is 3. The van der Waals surface area contributed by atoms with Gasteiger partial charge < -0.3 is 11.1 Å². The van der Waals surface area contributed by atoms with Gasteiger partial charge in [0.15, 0.2) is 0 Å². The van der Waals surface area contributed by atoms with Gasteiger partial charge in [0.05, 0.1) is 12.6 Å². The van der Waals surface area contributed by atoms with Crippen molar-refractivity contribution < 1.29 is 4.79 Å². The molecule has 0 fully saturated rings. The Bertz CT molecular complexity index is 562. The maximum Gasteiger partial charge on any atom is 0.224 e. The van der Waals surface area contributed by atoms with E-state index in [9.17, 15) is 4.79 Å². The van der Waals surface area contributed by atoms with Gasteiger partial charge in [0.2, 0.25) is 5.91 Å². The molecule has 5 heteroatoms. The highest BCUT2D eigenvalue weighted by atomic mass is 16.1. The van der Waals surface area contributed by atoms with E-state index in [0.29, 0.717) is 18.7 Å². The Morgan fingerprint density at radius 1 is 1.42 bits per heavy atom. The van der Waals surface area contributed by atoms with Crippen molar-refractivity contribution in [3.8, 4) is 0 Å². The topological polar surface area (TPSA) is 72.9 Å². The molecule has 19 heavy (non-hydrogen) atoms. The molecule has 2 aromatic rings. The summed E-state index contributed by atoms with van der Waals surface area (Å²) in [5, 5.41) is 6.97. The zero-order valence-electron chi connectivity index (χ0n) is 11.0. The zero-order valence-corrected chi connectivity index (χ0v) is 11.0. The van der Waals surface area contributed by atoms with Crippen molar-refractivity contribution >= 4 is 11.6 Å². The lowest BCUT2D eigenvalue weighted by atomic mass is 10.1. The molecule has 5 nitrogen and oxygen atoms in total. The number of nitrogens with zero attached hydrogens (tertiary/aromatic N) is 2. The van der Waals surface area contributed by atoms with Crippen LogP contribution in [0, 0.1) is 0 Å². The van der Waals surface area contributed by atoms with Crippen LogP contribution in [0.2, 0.25) is 0 Å². The first-order chi connectivity index (χ1) is 9.13. The molecule has 1 heterocycles. The summed E-state index contributed by atoms with van der Waals surface area (Å²) < 4.78 is 1.75. The highest BCUT2D eigenvalue weighted by Crippen LogP contribution is 2.07. The molecule has 0 aliphatic rings. The summed E-state index contributed by atoms with van der Waals surface area (Å²) in [5.41, 5.74) is 8.40. The van der Waals surface area contributed by atoms with Gasteiger partial charge in [0.25, 0.3) is 0 Å². The predicted octanol–water partition coefficient (Wildman–Crippen LogP) is 0.904. The van der Waals surface area contributed by atoms with Gasteiger partial charge in [0.1, 0.15) is 0 Å². The van der Waals surface area contributed by atoms with E-state index in [2.05, 4.69) is 10.4 Å². The fourth-order valence-corrected chi connectivity index (χ4v) is 1.90. The first-order valence-electron chi connectivity index (χ1n) is 6.22. The quantitative estimate of drug-likeness (QED) is 0.783. The van der Waals surface area contributed by atoms with Crippen molar-refractivity contribution in [2.24, 2.45) is 7.05 Å². The molecule has 100 valence electrons. The van der Waals surface area contributed by atoms with E-state index in [-0.39, 0.29) is 5.91 Å². The van der Waals surface area contributed by atoms with Crippen LogP contribution >= 0.6 is 0 Å². The molecular weight excluding hydrogens is 240 g/mol. The molecular formula is C14H18N4O. The van der Waals surface area contributed by atoms with Crippen LogP contribution in [0.1, 0.15) is 11.1 Å². The third kappa shape index (κ3) is 4.13. The molecule has 1 amide bonds. The minimum absolute atomic E-state index is 0.00879. The van der Waals surface area contributed by atoms with Gasteiger partial charge in [-0.15, -0.1) is 0 Å². The van der Waals surface area contributed by atoms with Crippen LogP contribution in [-0.4, -0.2) is 22.2 Å². The van der Waals surface area contributed by atoms with Crippen molar-refractivity contribution in [2.75, 3.05) is 12.3 Å². The number of aromatic nitrogens is 2. The van der Waals surface area contributed by atoms with Crippen LogP contribution in [-0.2, 0) is 24.7 Å². The summed E-state index contributed by atoms with van der Waals surface area (Å²) in [6.07, 6.45) is 4.91. The molecule has 0 atom stereocenters. The molecule has 0 saturated heterocycles. The third-order valence-electron chi connectivity index (χ3n) is 2.81. The largest absolute Gasteiger partial charge is 0.399 e. The van der Waals surface area contributed by atoms with Crippen LogP contribution in [0.25, 0.3) is 0 Å². The Morgan fingerprint density at radius 2 is 2.26 bits per heavy atom. The van der Waals surface area contributed by atoms with Crippen molar-refractivity contribution in [3.63, 3.8) is 0 Å². The van der Waals surface area contributed by atoms with E-state index in [1.807, 2.05) is 43.7 Å². The molecule has 0 aliphatic heterocycles. The summed E-state index contributed by atoms with van der Waals surface area (Å²) in [4.78, 5) is 11.7. The van der Waals surface area contributed by atoms with Crippen LogP contribution in [0.3, 0.4) is 0 Å². The molecule has 0 unspecified atom stereocenters. The number of nitrogens with one attached hydrogen (secondary N) is 1. The Morgan fingerprint density at radius 3 is 2.95 bits per heavy atom. The van der Waals surface area contributed by atoms with Gasteiger partial charge >= 0.3 is 0 Å². The Balaban J connectivity index is 1.76.